The number of thioether (sulfide) groups is 1. The fourth-order valence-corrected chi connectivity index (χ4v) is 3.59. The van der Waals surface area contributed by atoms with Crippen LogP contribution in [-0.2, 0) is 6.42 Å². The molecule has 0 amide bonds. The van der Waals surface area contributed by atoms with Gasteiger partial charge in [0.1, 0.15) is 5.75 Å². The van der Waals surface area contributed by atoms with Crippen LogP contribution in [0.2, 0.25) is 0 Å². The molecule has 1 aliphatic heterocycles. The smallest absolute Gasteiger partial charge is 0.115 e. The van der Waals surface area contributed by atoms with E-state index in [1.807, 2.05) is 23.9 Å². The van der Waals surface area contributed by atoms with Crippen molar-refractivity contribution in [2.24, 2.45) is 0 Å². The third kappa shape index (κ3) is 3.39. The van der Waals surface area contributed by atoms with Gasteiger partial charge in [0.25, 0.3) is 0 Å². The first-order chi connectivity index (χ1) is 8.11. The number of hydrogen-bond acceptors (Lipinski definition) is 3. The SMILES string of the molecule is CCC1CSC(C)(CCc2ccc(O)cc2)N1. The molecule has 1 saturated heterocycles. The van der Waals surface area contributed by atoms with Gasteiger partial charge in [-0.3, -0.25) is 5.32 Å². The van der Waals surface area contributed by atoms with E-state index in [9.17, 15) is 5.11 Å². The predicted octanol–water partition coefficient (Wildman–Crippen LogP) is 3.16. The largest absolute Gasteiger partial charge is 0.508 e. The maximum atomic E-state index is 9.24. The quantitative estimate of drug-likeness (QED) is 0.862. The summed E-state index contributed by atoms with van der Waals surface area (Å²) in [4.78, 5) is 0.221. The minimum absolute atomic E-state index is 0.221. The number of hydrogen-bond donors (Lipinski definition) is 2. The Labute approximate surface area is 108 Å². The number of aromatic hydroxyl groups is 1. The van der Waals surface area contributed by atoms with Gasteiger partial charge in [-0.25, -0.2) is 0 Å². The molecule has 0 saturated carbocycles. The van der Waals surface area contributed by atoms with Crippen LogP contribution in [0.1, 0.15) is 32.3 Å². The summed E-state index contributed by atoms with van der Waals surface area (Å²) in [5.41, 5.74) is 1.30. The van der Waals surface area contributed by atoms with Gasteiger partial charge < -0.3 is 5.11 Å². The average Bonchev–Trinajstić information content (AvgIpc) is 2.71. The number of rotatable bonds is 4. The molecule has 1 aromatic carbocycles. The predicted molar refractivity (Wildman–Crippen MR) is 74.5 cm³/mol. The molecule has 17 heavy (non-hydrogen) atoms. The molecule has 0 bridgehead atoms. The number of benzene rings is 1. The highest BCUT2D eigenvalue weighted by Gasteiger charge is 2.33. The van der Waals surface area contributed by atoms with Gasteiger partial charge in [-0.05, 0) is 43.9 Å². The van der Waals surface area contributed by atoms with Gasteiger partial charge in [-0.15, -0.1) is 11.8 Å². The van der Waals surface area contributed by atoms with Crippen LogP contribution in [0.15, 0.2) is 24.3 Å². The standard InChI is InChI=1S/C14H21NOS/c1-3-12-10-17-14(2,15-12)9-8-11-4-6-13(16)7-5-11/h4-7,12,15-16H,3,8-10H2,1-2H3. The summed E-state index contributed by atoms with van der Waals surface area (Å²) < 4.78 is 0. The summed E-state index contributed by atoms with van der Waals surface area (Å²) >= 11 is 2.04. The highest BCUT2D eigenvalue weighted by molar-refractivity contribution is 8.00. The van der Waals surface area contributed by atoms with Crippen molar-refractivity contribution in [3.05, 3.63) is 29.8 Å². The van der Waals surface area contributed by atoms with Gasteiger partial charge in [0.2, 0.25) is 0 Å². The lowest BCUT2D eigenvalue weighted by Crippen LogP contribution is -2.39. The van der Waals surface area contributed by atoms with Crippen LogP contribution in [-0.4, -0.2) is 21.8 Å². The Bertz CT molecular complexity index is 365. The first-order valence-electron chi connectivity index (χ1n) is 6.31. The molecule has 2 N–H and O–H groups in total. The molecule has 1 heterocycles. The Balaban J connectivity index is 1.88. The third-order valence-electron chi connectivity index (χ3n) is 3.43. The van der Waals surface area contributed by atoms with Crippen molar-refractivity contribution in [2.45, 2.75) is 44.0 Å². The lowest BCUT2D eigenvalue weighted by atomic mass is 10.0. The van der Waals surface area contributed by atoms with E-state index in [2.05, 4.69) is 19.2 Å². The number of phenols is 1. The van der Waals surface area contributed by atoms with Crippen molar-refractivity contribution < 1.29 is 5.11 Å². The van der Waals surface area contributed by atoms with Gasteiger partial charge in [0, 0.05) is 11.8 Å². The highest BCUT2D eigenvalue weighted by Crippen LogP contribution is 2.34. The summed E-state index contributed by atoms with van der Waals surface area (Å²) in [5, 5.41) is 12.9. The molecule has 1 aromatic rings. The van der Waals surface area contributed by atoms with Gasteiger partial charge >= 0.3 is 0 Å². The lowest BCUT2D eigenvalue weighted by molar-refractivity contribution is 0.434. The summed E-state index contributed by atoms with van der Waals surface area (Å²) in [7, 11) is 0. The van der Waals surface area contributed by atoms with E-state index in [4.69, 9.17) is 0 Å². The molecule has 2 unspecified atom stereocenters. The highest BCUT2D eigenvalue weighted by atomic mass is 32.2. The van der Waals surface area contributed by atoms with Crippen molar-refractivity contribution in [1.29, 1.82) is 0 Å². The zero-order valence-electron chi connectivity index (χ0n) is 10.6. The van der Waals surface area contributed by atoms with Crippen LogP contribution >= 0.6 is 11.8 Å². The number of aryl methyl sites for hydroxylation is 1. The first kappa shape index (κ1) is 12.8. The summed E-state index contributed by atoms with van der Waals surface area (Å²) in [6, 6.07) is 8.22. The molecule has 94 valence electrons. The third-order valence-corrected chi connectivity index (χ3v) is 4.96. The molecule has 1 fully saturated rings. The van der Waals surface area contributed by atoms with E-state index in [1.165, 1.54) is 17.7 Å². The van der Waals surface area contributed by atoms with E-state index in [1.54, 1.807) is 12.1 Å². The Morgan fingerprint density at radius 2 is 2.12 bits per heavy atom. The Hall–Kier alpha value is -0.670. The van der Waals surface area contributed by atoms with Crippen molar-refractivity contribution in [1.82, 2.24) is 5.32 Å². The van der Waals surface area contributed by atoms with Crippen LogP contribution in [0.25, 0.3) is 0 Å². The van der Waals surface area contributed by atoms with Gasteiger partial charge in [0.05, 0.1) is 4.87 Å². The van der Waals surface area contributed by atoms with Crippen molar-refractivity contribution in [2.75, 3.05) is 5.75 Å². The zero-order chi connectivity index (χ0) is 12.3. The number of nitrogens with one attached hydrogen (secondary N) is 1. The molecule has 1 aliphatic rings. The zero-order valence-corrected chi connectivity index (χ0v) is 11.4. The average molecular weight is 251 g/mol. The molecule has 0 spiro atoms. The molecular weight excluding hydrogens is 230 g/mol. The minimum Gasteiger partial charge on any atom is -0.508 e. The molecule has 2 atom stereocenters. The molecular formula is C14H21NOS. The maximum absolute atomic E-state index is 9.24. The van der Waals surface area contributed by atoms with Crippen molar-refractivity contribution in [3.8, 4) is 5.75 Å². The van der Waals surface area contributed by atoms with Gasteiger partial charge in [-0.1, -0.05) is 19.1 Å². The maximum Gasteiger partial charge on any atom is 0.115 e. The molecule has 0 aliphatic carbocycles. The first-order valence-corrected chi connectivity index (χ1v) is 7.29. The fraction of sp³-hybridized carbons (Fsp3) is 0.571. The molecule has 2 rings (SSSR count). The molecule has 2 nitrogen and oxygen atoms in total. The Morgan fingerprint density at radius 1 is 1.41 bits per heavy atom. The van der Waals surface area contributed by atoms with Crippen molar-refractivity contribution in [3.63, 3.8) is 0 Å². The van der Waals surface area contributed by atoms with Crippen LogP contribution < -0.4 is 5.32 Å². The summed E-state index contributed by atoms with van der Waals surface area (Å²) in [6.07, 6.45) is 3.41. The second-order valence-corrected chi connectivity index (χ2v) is 6.48. The van der Waals surface area contributed by atoms with E-state index >= 15 is 0 Å². The Morgan fingerprint density at radius 3 is 2.71 bits per heavy atom. The summed E-state index contributed by atoms with van der Waals surface area (Å²) in [5.74, 6) is 1.57. The topological polar surface area (TPSA) is 32.3 Å². The Kier molecular flexibility index (Phi) is 4.00. The van der Waals surface area contributed by atoms with Crippen LogP contribution in [0.3, 0.4) is 0 Å². The molecule has 0 aromatic heterocycles. The molecule has 3 heteroatoms. The van der Waals surface area contributed by atoms with E-state index in [-0.39, 0.29) is 4.87 Å². The monoisotopic (exact) mass is 251 g/mol. The second kappa shape index (κ2) is 5.32. The van der Waals surface area contributed by atoms with Gasteiger partial charge in [0.15, 0.2) is 0 Å². The van der Waals surface area contributed by atoms with Gasteiger partial charge in [-0.2, -0.15) is 0 Å². The van der Waals surface area contributed by atoms with E-state index in [0.29, 0.717) is 11.8 Å². The minimum atomic E-state index is 0.221. The fourth-order valence-electron chi connectivity index (χ4n) is 2.21. The second-order valence-electron chi connectivity index (χ2n) is 4.96. The molecule has 0 radical (unpaired) electrons. The summed E-state index contributed by atoms with van der Waals surface area (Å²) in [6.45, 7) is 4.54. The van der Waals surface area contributed by atoms with E-state index in [0.717, 1.165) is 12.8 Å². The van der Waals surface area contributed by atoms with E-state index < -0.39 is 0 Å². The van der Waals surface area contributed by atoms with Crippen LogP contribution in [0, 0.1) is 0 Å². The van der Waals surface area contributed by atoms with Crippen LogP contribution in [0.5, 0.6) is 5.75 Å². The number of phenolic OH excluding ortho intramolecular Hbond substituents is 1. The normalized spacial score (nSPS) is 28.5. The lowest BCUT2D eigenvalue weighted by Gasteiger charge is -2.24. The van der Waals surface area contributed by atoms with Crippen molar-refractivity contribution >= 4 is 11.8 Å². The van der Waals surface area contributed by atoms with Crippen LogP contribution in [0.4, 0.5) is 0 Å².